The van der Waals surface area contributed by atoms with Crippen LogP contribution in [0.3, 0.4) is 0 Å². The zero-order valence-corrected chi connectivity index (χ0v) is 12.3. The number of carbonyl (C=O) groups excluding carboxylic acids is 1. The molecule has 0 saturated carbocycles. The monoisotopic (exact) mass is 276 g/mol. The fraction of sp³-hybridized carbons (Fsp3) is 0.923. The molecule has 4 atom stereocenters. The summed E-state index contributed by atoms with van der Waals surface area (Å²) < 4.78 is 26.7. The van der Waals surface area contributed by atoms with Gasteiger partial charge in [0.25, 0.3) is 0 Å². The highest BCUT2D eigenvalue weighted by Gasteiger charge is 2.48. The van der Waals surface area contributed by atoms with Crippen LogP contribution >= 0.6 is 0 Å². The molecule has 1 heterocycles. The van der Waals surface area contributed by atoms with E-state index in [9.17, 15) is 4.79 Å². The summed E-state index contributed by atoms with van der Waals surface area (Å²) in [6.45, 7) is 4.08. The first-order chi connectivity index (χ1) is 8.96. The van der Waals surface area contributed by atoms with Crippen LogP contribution in [-0.4, -0.2) is 58.0 Å². The number of methoxy groups -OCH3 is 3. The van der Waals surface area contributed by atoms with E-state index >= 15 is 0 Å². The van der Waals surface area contributed by atoms with Gasteiger partial charge in [0.05, 0.1) is 19.1 Å². The van der Waals surface area contributed by atoms with Crippen molar-refractivity contribution in [2.24, 2.45) is 0 Å². The van der Waals surface area contributed by atoms with Crippen LogP contribution in [0.5, 0.6) is 0 Å². The van der Waals surface area contributed by atoms with Crippen molar-refractivity contribution < 1.29 is 28.5 Å². The Bertz CT molecular complexity index is 295. The predicted molar refractivity (Wildman–Crippen MR) is 67.7 cm³/mol. The lowest BCUT2D eigenvalue weighted by Crippen LogP contribution is -2.57. The van der Waals surface area contributed by atoms with Crippen LogP contribution in [0.25, 0.3) is 0 Å². The second-order valence-electron chi connectivity index (χ2n) is 4.88. The summed E-state index contributed by atoms with van der Waals surface area (Å²) in [4.78, 5) is 11.7. The number of hydrogen-bond donors (Lipinski definition) is 0. The Morgan fingerprint density at radius 2 is 2.05 bits per heavy atom. The van der Waals surface area contributed by atoms with Crippen LogP contribution in [0.1, 0.15) is 26.7 Å². The van der Waals surface area contributed by atoms with Crippen LogP contribution in [0, 0.1) is 0 Å². The third-order valence-corrected chi connectivity index (χ3v) is 3.46. The van der Waals surface area contributed by atoms with Crippen molar-refractivity contribution in [3.8, 4) is 0 Å². The van der Waals surface area contributed by atoms with E-state index in [0.29, 0.717) is 13.0 Å². The average molecular weight is 276 g/mol. The van der Waals surface area contributed by atoms with E-state index in [1.807, 2.05) is 13.8 Å². The van der Waals surface area contributed by atoms with Gasteiger partial charge in [0, 0.05) is 27.8 Å². The molecule has 0 aromatic rings. The van der Waals surface area contributed by atoms with Crippen molar-refractivity contribution in [3.05, 3.63) is 0 Å². The molecule has 1 rings (SSSR count). The molecule has 0 N–H and O–H groups in total. The van der Waals surface area contributed by atoms with E-state index in [-0.39, 0.29) is 24.8 Å². The Labute approximate surface area is 114 Å². The van der Waals surface area contributed by atoms with Gasteiger partial charge in [-0.3, -0.25) is 4.79 Å². The number of esters is 1. The maximum atomic E-state index is 11.7. The van der Waals surface area contributed by atoms with Gasteiger partial charge in [0.1, 0.15) is 5.60 Å². The maximum Gasteiger partial charge on any atom is 0.308 e. The highest BCUT2D eigenvalue weighted by Crippen LogP contribution is 2.34. The molecule has 0 aromatic heterocycles. The Hall–Kier alpha value is -0.690. The maximum absolute atomic E-state index is 11.7. The second kappa shape index (κ2) is 7.19. The first kappa shape index (κ1) is 16.4. The molecule has 1 unspecified atom stereocenters. The van der Waals surface area contributed by atoms with Gasteiger partial charge < -0.3 is 23.7 Å². The SMILES string of the molecule is COCCC(=O)O[C@H]1C(C)O[C@@H](OC)C[C@@]1(C)OC. The van der Waals surface area contributed by atoms with Gasteiger partial charge in [0.15, 0.2) is 12.4 Å². The standard InChI is InChI=1S/C13H24O6/c1-9-12(19-10(14)6-7-15-3)13(2,17-5)8-11(16-4)18-9/h9,11-12H,6-8H2,1-5H3/t9?,11-,12+,13-/m1/s1. The normalized spacial score (nSPS) is 35.1. The molecule has 6 heteroatoms. The number of rotatable bonds is 6. The smallest absolute Gasteiger partial charge is 0.308 e. The summed E-state index contributed by atoms with van der Waals surface area (Å²) in [5.74, 6) is -0.318. The number of hydrogen-bond acceptors (Lipinski definition) is 6. The quantitative estimate of drug-likeness (QED) is 0.677. The summed E-state index contributed by atoms with van der Waals surface area (Å²) in [5.41, 5.74) is -0.624. The fourth-order valence-electron chi connectivity index (χ4n) is 2.25. The summed E-state index contributed by atoms with van der Waals surface area (Å²) in [7, 11) is 4.72. The van der Waals surface area contributed by atoms with Gasteiger partial charge >= 0.3 is 5.97 Å². The third kappa shape index (κ3) is 4.14. The minimum Gasteiger partial charge on any atom is -0.456 e. The van der Waals surface area contributed by atoms with Gasteiger partial charge in [-0.15, -0.1) is 0 Å². The largest absolute Gasteiger partial charge is 0.456 e. The van der Waals surface area contributed by atoms with Crippen LogP contribution in [-0.2, 0) is 28.5 Å². The predicted octanol–water partition coefficient (Wildman–Crippen LogP) is 1.12. The van der Waals surface area contributed by atoms with Crippen LogP contribution in [0.2, 0.25) is 0 Å². The van der Waals surface area contributed by atoms with Crippen LogP contribution in [0.15, 0.2) is 0 Å². The van der Waals surface area contributed by atoms with Crippen LogP contribution in [0.4, 0.5) is 0 Å². The Kier molecular flexibility index (Phi) is 6.19. The Morgan fingerprint density at radius 1 is 1.37 bits per heavy atom. The molecule has 1 fully saturated rings. The van der Waals surface area contributed by atoms with E-state index < -0.39 is 11.7 Å². The molecule has 0 aliphatic carbocycles. The Morgan fingerprint density at radius 3 is 2.58 bits per heavy atom. The lowest BCUT2D eigenvalue weighted by atomic mass is 9.88. The van der Waals surface area contributed by atoms with E-state index in [4.69, 9.17) is 23.7 Å². The Balaban J connectivity index is 2.70. The molecule has 1 aliphatic heterocycles. The van der Waals surface area contributed by atoms with Gasteiger partial charge in [-0.05, 0) is 13.8 Å². The van der Waals surface area contributed by atoms with Crippen molar-refractivity contribution >= 4 is 5.97 Å². The molecular formula is C13H24O6. The van der Waals surface area contributed by atoms with Gasteiger partial charge in [0.2, 0.25) is 0 Å². The van der Waals surface area contributed by atoms with Crippen molar-refractivity contribution in [2.75, 3.05) is 27.9 Å². The van der Waals surface area contributed by atoms with E-state index in [2.05, 4.69) is 0 Å². The first-order valence-corrected chi connectivity index (χ1v) is 6.38. The van der Waals surface area contributed by atoms with E-state index in [1.54, 1.807) is 21.3 Å². The molecule has 112 valence electrons. The molecule has 0 amide bonds. The third-order valence-electron chi connectivity index (χ3n) is 3.46. The van der Waals surface area contributed by atoms with Gasteiger partial charge in [-0.2, -0.15) is 0 Å². The minimum absolute atomic E-state index is 0.215. The summed E-state index contributed by atoms with van der Waals surface area (Å²) in [5, 5.41) is 0. The zero-order chi connectivity index (χ0) is 14.5. The summed E-state index contributed by atoms with van der Waals surface area (Å²) >= 11 is 0. The highest BCUT2D eigenvalue weighted by atomic mass is 16.7. The van der Waals surface area contributed by atoms with Crippen molar-refractivity contribution in [1.82, 2.24) is 0 Å². The molecule has 0 aromatic carbocycles. The average Bonchev–Trinajstić information content (AvgIpc) is 2.40. The van der Waals surface area contributed by atoms with E-state index in [1.165, 1.54) is 0 Å². The summed E-state index contributed by atoms with van der Waals surface area (Å²) in [6.07, 6.45) is -0.392. The van der Waals surface area contributed by atoms with Crippen molar-refractivity contribution in [3.63, 3.8) is 0 Å². The molecule has 0 bridgehead atoms. The van der Waals surface area contributed by atoms with E-state index in [0.717, 1.165) is 0 Å². The fourth-order valence-corrected chi connectivity index (χ4v) is 2.25. The highest BCUT2D eigenvalue weighted by molar-refractivity contribution is 5.69. The number of carbonyl (C=O) groups is 1. The molecule has 19 heavy (non-hydrogen) atoms. The van der Waals surface area contributed by atoms with Crippen LogP contribution < -0.4 is 0 Å². The first-order valence-electron chi connectivity index (χ1n) is 6.38. The topological polar surface area (TPSA) is 63.2 Å². The second-order valence-corrected chi connectivity index (χ2v) is 4.88. The lowest BCUT2D eigenvalue weighted by Gasteiger charge is -2.45. The van der Waals surface area contributed by atoms with Gasteiger partial charge in [-0.1, -0.05) is 0 Å². The lowest BCUT2D eigenvalue weighted by molar-refractivity contribution is -0.276. The summed E-state index contributed by atoms with van der Waals surface area (Å²) in [6, 6.07) is 0. The molecule has 1 aliphatic rings. The number of ether oxygens (including phenoxy) is 5. The minimum atomic E-state index is -0.624. The van der Waals surface area contributed by atoms with Crippen molar-refractivity contribution in [2.45, 2.75) is 50.8 Å². The molecule has 0 radical (unpaired) electrons. The molecule has 6 nitrogen and oxygen atoms in total. The van der Waals surface area contributed by atoms with Crippen molar-refractivity contribution in [1.29, 1.82) is 0 Å². The molecule has 0 spiro atoms. The van der Waals surface area contributed by atoms with Gasteiger partial charge in [-0.25, -0.2) is 0 Å². The molecular weight excluding hydrogens is 252 g/mol. The molecule has 1 saturated heterocycles. The zero-order valence-electron chi connectivity index (χ0n) is 12.3.